The van der Waals surface area contributed by atoms with Crippen molar-refractivity contribution in [2.75, 3.05) is 12.8 Å². The molecular weight excluding hydrogens is 476 g/mol. The Kier molecular flexibility index (Phi) is 8.07. The molecule has 0 bridgehead atoms. The Morgan fingerprint density at radius 2 is 1.62 bits per heavy atom. The van der Waals surface area contributed by atoms with Crippen molar-refractivity contribution in [1.82, 2.24) is 9.80 Å². The van der Waals surface area contributed by atoms with Gasteiger partial charge in [-0.25, -0.2) is 13.2 Å². The molecule has 0 aromatic carbocycles. The maximum Gasteiger partial charge on any atom is 0.410 e. The molecule has 1 aliphatic heterocycles. The molecule has 4 aliphatic rings. The van der Waals surface area contributed by atoms with Crippen LogP contribution in [-0.2, 0) is 19.4 Å². The largest absolute Gasteiger partial charge is 0.446 e. The van der Waals surface area contributed by atoms with Crippen LogP contribution in [0.3, 0.4) is 0 Å². The fourth-order valence-corrected chi connectivity index (χ4v) is 8.93. The predicted octanol–water partition coefficient (Wildman–Crippen LogP) is 4.37. The molecule has 194 valence electrons. The van der Waals surface area contributed by atoms with Crippen molar-refractivity contribution in [2.24, 2.45) is 11.8 Å². The highest BCUT2D eigenvalue weighted by molar-refractivity contribution is 7.91. The van der Waals surface area contributed by atoms with Gasteiger partial charge in [-0.2, -0.15) is 0 Å². The van der Waals surface area contributed by atoms with Gasteiger partial charge in [0.05, 0.1) is 17.3 Å². The van der Waals surface area contributed by atoms with Crippen LogP contribution >= 0.6 is 11.6 Å². The minimum atomic E-state index is -3.14. The first-order valence-corrected chi connectivity index (χ1v) is 15.5. The summed E-state index contributed by atoms with van der Waals surface area (Å²) in [6.07, 6.45) is 10.8. The zero-order valence-electron chi connectivity index (χ0n) is 20.8. The van der Waals surface area contributed by atoms with Crippen molar-refractivity contribution in [3.05, 3.63) is 0 Å². The van der Waals surface area contributed by atoms with Gasteiger partial charge in [0.2, 0.25) is 5.91 Å². The fourth-order valence-electron chi connectivity index (χ4n) is 7.21. The first-order chi connectivity index (χ1) is 16.0. The molecule has 0 spiro atoms. The van der Waals surface area contributed by atoms with E-state index in [2.05, 4.69) is 0 Å². The maximum absolute atomic E-state index is 13.4. The monoisotopic (exact) mass is 516 g/mol. The first kappa shape index (κ1) is 26.1. The standard InChI is InChI=1S/C25H41ClN2O5S/c1-16-15-27(25(30)33-21-7-5-4-6-8-21)24-13-18(9-10-23(24)28(16)17(2)29)19-11-20(26)14-22(12-19)34(3,31)32/h16,18-24H,4-15H2,1-3H3/t16-,18?,19?,20?,22?,23?,24?/m0/s1. The first-order valence-electron chi connectivity index (χ1n) is 13.1. The number of hydrogen-bond acceptors (Lipinski definition) is 5. The van der Waals surface area contributed by atoms with Crippen molar-refractivity contribution >= 4 is 33.4 Å². The average molecular weight is 517 g/mol. The summed E-state index contributed by atoms with van der Waals surface area (Å²) in [5.74, 6) is 0.564. The van der Waals surface area contributed by atoms with E-state index in [0.717, 1.165) is 51.4 Å². The van der Waals surface area contributed by atoms with Gasteiger partial charge in [-0.3, -0.25) is 4.79 Å². The van der Waals surface area contributed by atoms with E-state index in [0.29, 0.717) is 25.3 Å². The van der Waals surface area contributed by atoms with E-state index in [4.69, 9.17) is 16.3 Å². The third-order valence-electron chi connectivity index (χ3n) is 8.85. The molecular formula is C25H41ClN2O5S. The minimum absolute atomic E-state index is 0.00824. The predicted molar refractivity (Wildman–Crippen MR) is 133 cm³/mol. The minimum Gasteiger partial charge on any atom is -0.446 e. The van der Waals surface area contributed by atoms with Gasteiger partial charge in [0.25, 0.3) is 0 Å². The molecule has 34 heavy (non-hydrogen) atoms. The molecule has 4 fully saturated rings. The number of ether oxygens (including phenoxy) is 1. The molecule has 0 radical (unpaired) electrons. The SMILES string of the molecule is CC(=O)N1C2CCC(C3CC(Cl)CC(S(C)(=O)=O)C3)CC2N(C(=O)OC2CCCCC2)C[C@@H]1C. The van der Waals surface area contributed by atoms with Gasteiger partial charge in [0.15, 0.2) is 0 Å². The van der Waals surface area contributed by atoms with Crippen LogP contribution < -0.4 is 0 Å². The topological polar surface area (TPSA) is 84.0 Å². The van der Waals surface area contributed by atoms with E-state index in [9.17, 15) is 18.0 Å². The Labute approximate surface area is 209 Å². The summed E-state index contributed by atoms with van der Waals surface area (Å²) in [7, 11) is -3.14. The molecule has 0 N–H and O–H groups in total. The van der Waals surface area contributed by atoms with Crippen molar-refractivity contribution in [2.45, 2.75) is 119 Å². The zero-order valence-corrected chi connectivity index (χ0v) is 22.4. The van der Waals surface area contributed by atoms with Crippen LogP contribution in [-0.4, -0.2) is 77.9 Å². The third kappa shape index (κ3) is 5.69. The third-order valence-corrected chi connectivity index (χ3v) is 10.8. The van der Waals surface area contributed by atoms with Gasteiger partial charge in [-0.05, 0) is 83.0 Å². The number of alkyl halides is 1. The highest BCUT2D eigenvalue weighted by atomic mass is 35.5. The van der Waals surface area contributed by atoms with Crippen LogP contribution in [0.15, 0.2) is 0 Å². The van der Waals surface area contributed by atoms with Crippen LogP contribution in [0, 0.1) is 11.8 Å². The average Bonchev–Trinajstić information content (AvgIpc) is 2.77. The molecule has 0 aromatic rings. The van der Waals surface area contributed by atoms with E-state index < -0.39 is 9.84 Å². The van der Waals surface area contributed by atoms with Gasteiger partial charge in [-0.15, -0.1) is 11.6 Å². The van der Waals surface area contributed by atoms with Crippen molar-refractivity contribution in [3.63, 3.8) is 0 Å². The highest BCUT2D eigenvalue weighted by Crippen LogP contribution is 2.45. The van der Waals surface area contributed by atoms with E-state index in [1.54, 1.807) is 6.92 Å². The Balaban J connectivity index is 1.52. The summed E-state index contributed by atoms with van der Waals surface area (Å²) in [5.41, 5.74) is 0. The molecule has 2 amide bonds. The lowest BCUT2D eigenvalue weighted by molar-refractivity contribution is -0.143. The van der Waals surface area contributed by atoms with Gasteiger partial charge in [0.1, 0.15) is 15.9 Å². The second-order valence-electron chi connectivity index (χ2n) is 11.3. The quantitative estimate of drug-likeness (QED) is 0.520. The smallest absolute Gasteiger partial charge is 0.410 e. The summed E-state index contributed by atoms with van der Waals surface area (Å²) < 4.78 is 30.6. The lowest BCUT2D eigenvalue weighted by Crippen LogP contribution is -2.67. The van der Waals surface area contributed by atoms with Crippen molar-refractivity contribution < 1.29 is 22.7 Å². The number of piperazine rings is 1. The summed E-state index contributed by atoms with van der Waals surface area (Å²) in [5, 5.41) is -0.525. The number of hydrogen-bond donors (Lipinski definition) is 0. The van der Waals surface area contributed by atoms with Crippen LogP contribution in [0.4, 0.5) is 4.79 Å². The molecule has 6 unspecified atom stereocenters. The Bertz CT molecular complexity index is 861. The number of fused-ring (bicyclic) bond motifs is 1. The summed E-state index contributed by atoms with van der Waals surface area (Å²) in [4.78, 5) is 29.8. The fraction of sp³-hybridized carbons (Fsp3) is 0.920. The second-order valence-corrected chi connectivity index (χ2v) is 14.2. The normalized spacial score (nSPS) is 37.7. The number of carbonyl (C=O) groups excluding carboxylic acids is 2. The van der Waals surface area contributed by atoms with Crippen molar-refractivity contribution in [1.29, 1.82) is 0 Å². The molecule has 1 saturated heterocycles. The Morgan fingerprint density at radius 1 is 0.912 bits per heavy atom. The molecule has 9 heteroatoms. The highest BCUT2D eigenvalue weighted by Gasteiger charge is 2.49. The van der Waals surface area contributed by atoms with Crippen LogP contribution in [0.2, 0.25) is 0 Å². The maximum atomic E-state index is 13.4. The lowest BCUT2D eigenvalue weighted by atomic mass is 9.69. The number of nitrogens with zero attached hydrogens (tertiary/aromatic N) is 2. The summed E-state index contributed by atoms with van der Waals surface area (Å²) in [6, 6.07) is -0.162. The molecule has 3 saturated carbocycles. The van der Waals surface area contributed by atoms with Crippen LogP contribution in [0.25, 0.3) is 0 Å². The van der Waals surface area contributed by atoms with Crippen LogP contribution in [0.5, 0.6) is 0 Å². The number of sulfone groups is 1. The van der Waals surface area contributed by atoms with Gasteiger partial charge < -0.3 is 14.5 Å². The molecule has 0 aromatic heterocycles. The molecule has 1 heterocycles. The van der Waals surface area contributed by atoms with E-state index in [1.165, 1.54) is 12.7 Å². The number of rotatable bonds is 3. The van der Waals surface area contributed by atoms with Gasteiger partial charge in [0, 0.05) is 31.1 Å². The number of carbonyl (C=O) groups is 2. The van der Waals surface area contributed by atoms with Crippen molar-refractivity contribution in [3.8, 4) is 0 Å². The molecule has 4 rings (SSSR count). The van der Waals surface area contributed by atoms with Crippen LogP contribution in [0.1, 0.15) is 84.5 Å². The zero-order chi connectivity index (χ0) is 24.6. The lowest BCUT2D eigenvalue weighted by Gasteiger charge is -2.54. The molecule has 3 aliphatic carbocycles. The number of halogens is 1. The van der Waals surface area contributed by atoms with E-state index in [-0.39, 0.29) is 52.8 Å². The Morgan fingerprint density at radius 3 is 2.26 bits per heavy atom. The summed E-state index contributed by atoms with van der Waals surface area (Å²) >= 11 is 6.54. The van der Waals surface area contributed by atoms with Gasteiger partial charge >= 0.3 is 6.09 Å². The summed E-state index contributed by atoms with van der Waals surface area (Å²) in [6.45, 7) is 4.11. The van der Waals surface area contributed by atoms with E-state index >= 15 is 0 Å². The van der Waals surface area contributed by atoms with Gasteiger partial charge in [-0.1, -0.05) is 6.42 Å². The molecule has 7 atom stereocenters. The Hall–Kier alpha value is -1.02. The second kappa shape index (κ2) is 10.5. The molecule has 7 nitrogen and oxygen atoms in total. The van der Waals surface area contributed by atoms with E-state index in [1.807, 2.05) is 16.7 Å². The number of amides is 2.